The maximum Gasteiger partial charge on any atom is 0.418 e. The Morgan fingerprint density at radius 3 is 2.41 bits per heavy atom. The van der Waals surface area contributed by atoms with E-state index >= 15 is 0 Å². The summed E-state index contributed by atoms with van der Waals surface area (Å²) >= 11 is 6.02. The first-order valence-electron chi connectivity index (χ1n) is 10.1. The minimum atomic E-state index is -4.66. The lowest BCUT2D eigenvalue weighted by molar-refractivity contribution is -0.137. The van der Waals surface area contributed by atoms with Gasteiger partial charge < -0.3 is 14.5 Å². The van der Waals surface area contributed by atoms with Crippen molar-refractivity contribution in [3.8, 4) is 17.1 Å². The fraction of sp³-hybridized carbons (Fsp3) is 0.120. The van der Waals surface area contributed by atoms with Crippen LogP contribution in [-0.4, -0.2) is 12.0 Å². The van der Waals surface area contributed by atoms with Crippen LogP contribution >= 0.6 is 11.6 Å². The molecule has 174 valence electrons. The van der Waals surface area contributed by atoms with Crippen LogP contribution in [0.5, 0.6) is 5.75 Å². The molecule has 5 nitrogen and oxygen atoms in total. The third kappa shape index (κ3) is 4.77. The van der Waals surface area contributed by atoms with Crippen LogP contribution in [-0.2, 0) is 11.0 Å². The Bertz CT molecular complexity index is 1420. The minimum Gasteiger partial charge on any atom is -0.473 e. The Hall–Kier alpha value is -3.78. The largest absolute Gasteiger partial charge is 0.473 e. The van der Waals surface area contributed by atoms with E-state index in [1.165, 1.54) is 25.1 Å². The van der Waals surface area contributed by atoms with Crippen molar-refractivity contribution >= 4 is 34.2 Å². The first-order chi connectivity index (χ1) is 16.1. The lowest BCUT2D eigenvalue weighted by Gasteiger charge is -2.18. The van der Waals surface area contributed by atoms with Crippen LogP contribution in [0.2, 0.25) is 5.02 Å². The highest BCUT2D eigenvalue weighted by Gasteiger charge is 2.34. The molecule has 1 amide bonds. The average molecular weight is 488 g/mol. The van der Waals surface area contributed by atoms with E-state index < -0.39 is 34.9 Å². The van der Waals surface area contributed by atoms with Gasteiger partial charge in [0.05, 0.1) is 16.6 Å². The van der Waals surface area contributed by atoms with Crippen LogP contribution in [0, 0.1) is 0 Å². The number of anilines is 1. The van der Waals surface area contributed by atoms with E-state index in [1.54, 1.807) is 42.5 Å². The molecule has 1 heterocycles. The molecule has 1 aromatic heterocycles. The summed E-state index contributed by atoms with van der Waals surface area (Å²) in [6, 6.07) is 17.7. The van der Waals surface area contributed by atoms with Crippen LogP contribution in [0.4, 0.5) is 18.9 Å². The van der Waals surface area contributed by atoms with Crippen molar-refractivity contribution < 1.29 is 27.1 Å². The van der Waals surface area contributed by atoms with Crippen LogP contribution in [0.3, 0.4) is 0 Å². The van der Waals surface area contributed by atoms with Gasteiger partial charge in [0, 0.05) is 10.6 Å². The second-order valence-corrected chi connectivity index (χ2v) is 7.83. The van der Waals surface area contributed by atoms with E-state index in [4.69, 9.17) is 20.8 Å². The van der Waals surface area contributed by atoms with Crippen molar-refractivity contribution in [3.63, 3.8) is 0 Å². The molecule has 4 aromatic rings. The van der Waals surface area contributed by atoms with Crippen molar-refractivity contribution in [1.29, 1.82) is 0 Å². The number of nitrogens with one attached hydrogen (secondary N) is 1. The molecule has 0 unspecified atom stereocenters. The first-order valence-corrected chi connectivity index (χ1v) is 10.5. The van der Waals surface area contributed by atoms with E-state index in [1.807, 2.05) is 0 Å². The molecule has 34 heavy (non-hydrogen) atoms. The molecule has 4 rings (SSSR count). The molecule has 1 N–H and O–H groups in total. The summed E-state index contributed by atoms with van der Waals surface area (Å²) in [6.45, 7) is 1.32. The van der Waals surface area contributed by atoms with E-state index in [-0.39, 0.29) is 22.5 Å². The molecule has 0 aliphatic rings. The third-order valence-electron chi connectivity index (χ3n) is 5.00. The van der Waals surface area contributed by atoms with Gasteiger partial charge in [-0.1, -0.05) is 54.1 Å². The normalized spacial score (nSPS) is 12.4. The summed E-state index contributed by atoms with van der Waals surface area (Å²) < 4.78 is 51.4. The van der Waals surface area contributed by atoms with Crippen LogP contribution < -0.4 is 15.5 Å². The van der Waals surface area contributed by atoms with Gasteiger partial charge >= 0.3 is 6.18 Å². The molecule has 9 heteroatoms. The molecule has 0 fully saturated rings. The molecule has 0 aliphatic heterocycles. The molecular formula is C25H17ClF3NO4. The van der Waals surface area contributed by atoms with E-state index in [2.05, 4.69) is 5.32 Å². The number of amides is 1. The number of carbonyl (C=O) groups is 1. The summed E-state index contributed by atoms with van der Waals surface area (Å²) in [5.74, 6) is -1.05. The van der Waals surface area contributed by atoms with Gasteiger partial charge in [0.1, 0.15) is 5.58 Å². The number of fused-ring (bicyclic) bond motifs is 1. The molecule has 3 aromatic carbocycles. The van der Waals surface area contributed by atoms with Crippen molar-refractivity contribution in [2.45, 2.75) is 19.2 Å². The van der Waals surface area contributed by atoms with Gasteiger partial charge in [0.25, 0.3) is 5.91 Å². The number of benzene rings is 3. The number of hydrogen-bond donors (Lipinski definition) is 1. The molecular weight excluding hydrogens is 471 g/mol. The Morgan fingerprint density at radius 2 is 1.71 bits per heavy atom. The van der Waals surface area contributed by atoms with Gasteiger partial charge in [-0.25, -0.2) is 0 Å². The molecule has 0 radical (unpaired) electrons. The lowest BCUT2D eigenvalue weighted by Crippen LogP contribution is -2.32. The molecule has 0 saturated heterocycles. The van der Waals surface area contributed by atoms with Gasteiger partial charge in [-0.05, 0) is 37.3 Å². The predicted molar refractivity (Wildman–Crippen MR) is 123 cm³/mol. The second-order valence-electron chi connectivity index (χ2n) is 7.39. The number of rotatable bonds is 5. The second kappa shape index (κ2) is 9.23. The molecule has 0 spiro atoms. The summed E-state index contributed by atoms with van der Waals surface area (Å²) in [4.78, 5) is 26.0. The fourth-order valence-corrected chi connectivity index (χ4v) is 3.51. The smallest absolute Gasteiger partial charge is 0.418 e. The zero-order valence-electron chi connectivity index (χ0n) is 17.7. The SMILES string of the molecule is C[C@@H](Oc1c(-c2ccccc2)oc2ccc(Cl)cc2c1=O)C(=O)Nc1ccccc1C(F)(F)F. The molecule has 1 atom stereocenters. The van der Waals surface area contributed by atoms with Gasteiger partial charge in [-0.3, -0.25) is 9.59 Å². The van der Waals surface area contributed by atoms with Crippen molar-refractivity contribution in [2.24, 2.45) is 0 Å². The monoisotopic (exact) mass is 487 g/mol. The summed E-state index contributed by atoms with van der Waals surface area (Å²) in [5, 5.41) is 2.66. The standard InChI is InChI=1S/C25H17ClF3NO4/c1-14(24(32)30-19-10-6-5-9-18(19)25(27,28)29)33-23-21(31)17-13-16(26)11-12-20(17)34-22(23)15-7-3-2-4-8-15/h2-14H,1H3,(H,30,32)/t14-/m1/s1. The number of ether oxygens (including phenoxy) is 1. The zero-order valence-corrected chi connectivity index (χ0v) is 18.4. The van der Waals surface area contributed by atoms with Crippen molar-refractivity contribution in [2.75, 3.05) is 5.32 Å². The van der Waals surface area contributed by atoms with Crippen molar-refractivity contribution in [1.82, 2.24) is 0 Å². The highest BCUT2D eigenvalue weighted by Crippen LogP contribution is 2.35. The Kier molecular flexibility index (Phi) is 6.34. The van der Waals surface area contributed by atoms with E-state index in [9.17, 15) is 22.8 Å². The third-order valence-corrected chi connectivity index (χ3v) is 5.24. The molecule has 0 aliphatic carbocycles. The van der Waals surface area contributed by atoms with Gasteiger partial charge in [-0.15, -0.1) is 0 Å². The number of carbonyl (C=O) groups excluding carboxylic acids is 1. The van der Waals surface area contributed by atoms with E-state index in [0.717, 1.165) is 12.1 Å². The van der Waals surface area contributed by atoms with Crippen LogP contribution in [0.25, 0.3) is 22.3 Å². The van der Waals surface area contributed by atoms with Crippen LogP contribution in [0.1, 0.15) is 12.5 Å². The average Bonchev–Trinajstić information content (AvgIpc) is 2.81. The number of alkyl halides is 3. The van der Waals surface area contributed by atoms with Gasteiger partial charge in [-0.2, -0.15) is 13.2 Å². The maximum absolute atomic E-state index is 13.3. The Morgan fingerprint density at radius 1 is 1.03 bits per heavy atom. The van der Waals surface area contributed by atoms with Crippen molar-refractivity contribution in [3.05, 3.63) is 93.6 Å². The summed E-state index contributed by atoms with van der Waals surface area (Å²) in [5.41, 5.74) is -1.22. The topological polar surface area (TPSA) is 68.5 Å². The molecule has 0 saturated carbocycles. The minimum absolute atomic E-state index is 0.0794. The highest BCUT2D eigenvalue weighted by molar-refractivity contribution is 6.31. The number of para-hydroxylation sites is 1. The number of hydrogen-bond acceptors (Lipinski definition) is 4. The summed E-state index contributed by atoms with van der Waals surface area (Å²) in [7, 11) is 0. The van der Waals surface area contributed by atoms with Gasteiger partial charge in [0.15, 0.2) is 11.9 Å². The Balaban J connectivity index is 1.72. The lowest BCUT2D eigenvalue weighted by atomic mass is 10.1. The zero-order chi connectivity index (χ0) is 24.5. The van der Waals surface area contributed by atoms with E-state index in [0.29, 0.717) is 10.6 Å². The van der Waals surface area contributed by atoms with Gasteiger partial charge in [0.2, 0.25) is 11.2 Å². The predicted octanol–water partition coefficient (Wildman–Crippen LogP) is 6.54. The first kappa shape index (κ1) is 23.4. The highest BCUT2D eigenvalue weighted by atomic mass is 35.5. The summed E-state index contributed by atoms with van der Waals surface area (Å²) in [6.07, 6.45) is -5.99. The van der Waals surface area contributed by atoms with Crippen LogP contribution in [0.15, 0.2) is 82.0 Å². The quantitative estimate of drug-likeness (QED) is 0.347. The number of halogens is 4. The molecule has 0 bridgehead atoms. The maximum atomic E-state index is 13.3. The Labute approximate surface area is 196 Å². The fourth-order valence-electron chi connectivity index (χ4n) is 3.34.